The predicted molar refractivity (Wildman–Crippen MR) is 84.2 cm³/mol. The first-order valence-corrected chi connectivity index (χ1v) is 6.91. The number of rotatable bonds is 6. The first-order valence-electron chi connectivity index (χ1n) is 6.91. The molecule has 0 atom stereocenters. The lowest BCUT2D eigenvalue weighted by Gasteiger charge is -2.20. The number of methoxy groups -OCH3 is 1. The van der Waals surface area contributed by atoms with Gasteiger partial charge in [0, 0.05) is 18.7 Å². The molecule has 4 N–H and O–H groups in total. The van der Waals surface area contributed by atoms with E-state index in [-0.39, 0.29) is 0 Å². The molecule has 0 unspecified atom stereocenters. The van der Waals surface area contributed by atoms with Crippen molar-refractivity contribution in [2.75, 3.05) is 25.5 Å². The summed E-state index contributed by atoms with van der Waals surface area (Å²) in [6, 6.07) is 4.85. The van der Waals surface area contributed by atoms with Gasteiger partial charge in [-0.3, -0.25) is 4.79 Å². The summed E-state index contributed by atoms with van der Waals surface area (Å²) in [4.78, 5) is 22.7. The fourth-order valence-electron chi connectivity index (χ4n) is 1.68. The van der Waals surface area contributed by atoms with Crippen molar-refractivity contribution in [1.82, 2.24) is 5.32 Å². The molecule has 0 aromatic heterocycles. The Morgan fingerprint density at radius 2 is 1.91 bits per heavy atom. The molecule has 1 aromatic rings. The molecular formula is C15H23N3O4. The van der Waals surface area contributed by atoms with Crippen molar-refractivity contribution in [3.05, 3.63) is 23.8 Å². The quantitative estimate of drug-likeness (QED) is 0.694. The van der Waals surface area contributed by atoms with Gasteiger partial charge in [0.25, 0.3) is 0 Å². The Morgan fingerprint density at radius 3 is 2.45 bits per heavy atom. The maximum atomic E-state index is 11.5. The first kappa shape index (κ1) is 17.6. The van der Waals surface area contributed by atoms with Crippen molar-refractivity contribution in [3.8, 4) is 5.75 Å². The topological polar surface area (TPSA) is 103 Å². The zero-order chi connectivity index (χ0) is 16.8. The summed E-state index contributed by atoms with van der Waals surface area (Å²) in [5.74, 6) is 0.0693. The van der Waals surface area contributed by atoms with Gasteiger partial charge in [0.2, 0.25) is 5.91 Å². The fourth-order valence-corrected chi connectivity index (χ4v) is 1.68. The molecule has 2 amide bonds. The minimum Gasteiger partial charge on any atom is -0.495 e. The van der Waals surface area contributed by atoms with Gasteiger partial charge in [-0.15, -0.1) is 0 Å². The number of anilines is 1. The number of benzene rings is 1. The van der Waals surface area contributed by atoms with Gasteiger partial charge >= 0.3 is 6.09 Å². The van der Waals surface area contributed by atoms with Gasteiger partial charge in [-0.25, -0.2) is 4.79 Å². The molecule has 1 rings (SSSR count). The number of carbonyl (C=O) groups excluding carboxylic acids is 2. The van der Waals surface area contributed by atoms with Crippen LogP contribution in [0.4, 0.5) is 10.5 Å². The minimum atomic E-state index is -0.531. The molecule has 1 aromatic carbocycles. The maximum Gasteiger partial charge on any atom is 0.407 e. The molecule has 0 radical (unpaired) electrons. The van der Waals surface area contributed by atoms with Crippen molar-refractivity contribution in [3.63, 3.8) is 0 Å². The number of nitrogens with two attached hydrogens (primary N) is 1. The van der Waals surface area contributed by atoms with Crippen LogP contribution in [0.1, 0.15) is 31.1 Å². The van der Waals surface area contributed by atoms with Gasteiger partial charge in [0.05, 0.1) is 12.8 Å². The van der Waals surface area contributed by atoms with E-state index in [9.17, 15) is 9.59 Å². The third kappa shape index (κ3) is 5.90. The summed E-state index contributed by atoms with van der Waals surface area (Å²) in [5, 5.41) is 5.70. The number of carbonyl (C=O) groups is 2. The Morgan fingerprint density at radius 1 is 1.23 bits per heavy atom. The molecule has 22 heavy (non-hydrogen) atoms. The second kappa shape index (κ2) is 7.53. The number of alkyl carbamates (subject to hydrolysis) is 1. The van der Waals surface area contributed by atoms with Crippen LogP contribution in [0.3, 0.4) is 0 Å². The van der Waals surface area contributed by atoms with Gasteiger partial charge in [0.15, 0.2) is 0 Å². The summed E-state index contributed by atoms with van der Waals surface area (Å²) in [5.41, 5.74) is 5.72. The van der Waals surface area contributed by atoms with Gasteiger partial charge in [0.1, 0.15) is 11.4 Å². The zero-order valence-corrected chi connectivity index (χ0v) is 13.4. The lowest BCUT2D eigenvalue weighted by molar-refractivity contribution is 0.0530. The highest BCUT2D eigenvalue weighted by atomic mass is 16.6. The monoisotopic (exact) mass is 309 g/mol. The van der Waals surface area contributed by atoms with Gasteiger partial charge in [-0.05, 0) is 39.0 Å². The van der Waals surface area contributed by atoms with E-state index in [1.54, 1.807) is 39.0 Å². The summed E-state index contributed by atoms with van der Waals surface area (Å²) in [7, 11) is 1.53. The molecule has 0 fully saturated rings. The van der Waals surface area contributed by atoms with Crippen LogP contribution >= 0.6 is 0 Å². The smallest absolute Gasteiger partial charge is 0.407 e. The summed E-state index contributed by atoms with van der Waals surface area (Å²) in [6.07, 6.45) is -0.479. The highest BCUT2D eigenvalue weighted by Crippen LogP contribution is 2.25. The average molecular weight is 309 g/mol. The van der Waals surface area contributed by atoms with Crippen LogP contribution in [0.5, 0.6) is 5.75 Å². The molecule has 0 saturated carbocycles. The average Bonchev–Trinajstić information content (AvgIpc) is 2.41. The molecule has 0 saturated heterocycles. The number of primary amides is 1. The number of ether oxygens (including phenoxy) is 2. The summed E-state index contributed by atoms with van der Waals surface area (Å²) >= 11 is 0. The Hall–Kier alpha value is -2.44. The molecule has 122 valence electrons. The van der Waals surface area contributed by atoms with E-state index in [2.05, 4.69) is 10.6 Å². The van der Waals surface area contributed by atoms with Crippen LogP contribution in [-0.4, -0.2) is 37.8 Å². The SMILES string of the molecule is COc1ccc(C(N)=O)cc1NCCNC(=O)OC(C)(C)C. The minimum absolute atomic E-state index is 0.360. The van der Waals surface area contributed by atoms with Crippen molar-refractivity contribution in [2.45, 2.75) is 26.4 Å². The Kier molecular flexibility index (Phi) is 6.03. The van der Waals surface area contributed by atoms with E-state index in [0.29, 0.717) is 30.1 Å². The fraction of sp³-hybridized carbons (Fsp3) is 0.467. The van der Waals surface area contributed by atoms with Crippen LogP contribution in [-0.2, 0) is 4.74 Å². The van der Waals surface area contributed by atoms with Crippen LogP contribution in [0.2, 0.25) is 0 Å². The normalized spacial score (nSPS) is 10.7. The zero-order valence-electron chi connectivity index (χ0n) is 13.4. The van der Waals surface area contributed by atoms with Gasteiger partial charge in [-0.1, -0.05) is 0 Å². The number of hydrogen-bond donors (Lipinski definition) is 3. The van der Waals surface area contributed by atoms with E-state index in [1.165, 1.54) is 7.11 Å². The Bertz CT molecular complexity index is 538. The van der Waals surface area contributed by atoms with E-state index >= 15 is 0 Å². The number of amides is 2. The van der Waals surface area contributed by atoms with Crippen molar-refractivity contribution in [2.24, 2.45) is 5.73 Å². The molecule has 7 heteroatoms. The van der Waals surface area contributed by atoms with E-state index in [0.717, 1.165) is 0 Å². The third-order valence-electron chi connectivity index (χ3n) is 2.59. The van der Waals surface area contributed by atoms with E-state index in [1.807, 2.05) is 0 Å². The van der Waals surface area contributed by atoms with Gasteiger partial charge < -0.3 is 25.8 Å². The van der Waals surface area contributed by atoms with Crippen molar-refractivity contribution < 1.29 is 19.1 Å². The second-order valence-corrected chi connectivity index (χ2v) is 5.63. The molecule has 0 bridgehead atoms. The molecule has 0 aliphatic rings. The second-order valence-electron chi connectivity index (χ2n) is 5.63. The number of nitrogens with one attached hydrogen (secondary N) is 2. The van der Waals surface area contributed by atoms with Gasteiger partial charge in [-0.2, -0.15) is 0 Å². The van der Waals surface area contributed by atoms with Crippen molar-refractivity contribution in [1.29, 1.82) is 0 Å². The standard InChI is InChI=1S/C15H23N3O4/c1-15(2,3)22-14(20)18-8-7-17-11-9-10(13(16)19)5-6-12(11)21-4/h5-6,9,17H,7-8H2,1-4H3,(H2,16,19)(H,18,20). The lowest BCUT2D eigenvalue weighted by Crippen LogP contribution is -2.35. The Balaban J connectivity index is 2.52. The largest absolute Gasteiger partial charge is 0.495 e. The highest BCUT2D eigenvalue weighted by molar-refractivity contribution is 5.94. The molecular weight excluding hydrogens is 286 g/mol. The highest BCUT2D eigenvalue weighted by Gasteiger charge is 2.15. The van der Waals surface area contributed by atoms with Crippen molar-refractivity contribution >= 4 is 17.7 Å². The molecule has 0 heterocycles. The van der Waals surface area contributed by atoms with E-state index < -0.39 is 17.6 Å². The predicted octanol–water partition coefficient (Wildman–Crippen LogP) is 1.73. The lowest BCUT2D eigenvalue weighted by atomic mass is 10.1. The van der Waals surface area contributed by atoms with Crippen LogP contribution in [0.25, 0.3) is 0 Å². The molecule has 0 aliphatic carbocycles. The number of hydrogen-bond acceptors (Lipinski definition) is 5. The molecule has 0 aliphatic heterocycles. The van der Waals surface area contributed by atoms with Crippen LogP contribution < -0.4 is 21.1 Å². The van der Waals surface area contributed by atoms with Crippen LogP contribution in [0, 0.1) is 0 Å². The molecule has 7 nitrogen and oxygen atoms in total. The molecule has 0 spiro atoms. The third-order valence-corrected chi connectivity index (χ3v) is 2.59. The first-order chi connectivity index (χ1) is 10.2. The Labute approximate surface area is 130 Å². The maximum absolute atomic E-state index is 11.5. The summed E-state index contributed by atoms with van der Waals surface area (Å²) in [6.45, 7) is 6.19. The van der Waals surface area contributed by atoms with E-state index in [4.69, 9.17) is 15.2 Å². The summed E-state index contributed by atoms with van der Waals surface area (Å²) < 4.78 is 10.3. The van der Waals surface area contributed by atoms with Crippen LogP contribution in [0.15, 0.2) is 18.2 Å².